The number of hydrogen-bond acceptors (Lipinski definition) is 0. The van der Waals surface area contributed by atoms with Crippen LogP contribution in [0.5, 0.6) is 0 Å². The molecular weight excluding hydrogens is 204 g/mol. The van der Waals surface area contributed by atoms with E-state index >= 15 is 0 Å². The van der Waals surface area contributed by atoms with Crippen molar-refractivity contribution in [1.29, 1.82) is 0 Å². The minimum absolute atomic E-state index is 0.742. The minimum Gasteiger partial charge on any atom is -0.0988 e. The molecule has 0 aliphatic heterocycles. The van der Waals surface area contributed by atoms with Crippen molar-refractivity contribution in [3.63, 3.8) is 0 Å². The number of rotatable bonds is 3. The summed E-state index contributed by atoms with van der Waals surface area (Å²) in [6.45, 7) is 10.4. The van der Waals surface area contributed by atoms with Gasteiger partial charge in [-0.1, -0.05) is 44.6 Å². The van der Waals surface area contributed by atoms with E-state index in [1.54, 1.807) is 0 Å². The third kappa shape index (κ3) is 3.24. The van der Waals surface area contributed by atoms with Crippen LogP contribution in [0.25, 0.3) is 0 Å². The van der Waals surface area contributed by atoms with Crippen LogP contribution in [0, 0.1) is 23.7 Å². The van der Waals surface area contributed by atoms with Crippen molar-refractivity contribution < 1.29 is 0 Å². The molecule has 0 bridgehead atoms. The van der Waals surface area contributed by atoms with E-state index in [-0.39, 0.29) is 0 Å². The molecule has 0 heterocycles. The van der Waals surface area contributed by atoms with Gasteiger partial charge in [0.05, 0.1) is 0 Å². The maximum absolute atomic E-state index is 4.13. The highest BCUT2D eigenvalue weighted by Gasteiger charge is 2.30. The first-order valence-corrected chi connectivity index (χ1v) is 7.52. The monoisotopic (exact) mass is 232 g/mol. The Labute approximate surface area is 107 Å². The highest BCUT2D eigenvalue weighted by molar-refractivity contribution is 5.15. The topological polar surface area (TPSA) is 0 Å². The fraction of sp³-hybridized carbons (Fsp3) is 0.765. The largest absolute Gasteiger partial charge is 0.0988 e. The van der Waals surface area contributed by atoms with Gasteiger partial charge >= 0.3 is 0 Å². The van der Waals surface area contributed by atoms with Crippen LogP contribution in [0.4, 0.5) is 0 Å². The average Bonchev–Trinajstić information content (AvgIpc) is 2.39. The second-order valence-electron chi connectivity index (χ2n) is 6.41. The van der Waals surface area contributed by atoms with Crippen molar-refractivity contribution in [2.24, 2.45) is 23.7 Å². The van der Waals surface area contributed by atoms with Gasteiger partial charge in [-0.25, -0.2) is 0 Å². The number of hydrogen-bond donors (Lipinski definition) is 0. The van der Waals surface area contributed by atoms with Crippen LogP contribution < -0.4 is 0 Å². The molecule has 2 aliphatic rings. The Morgan fingerprint density at radius 1 is 0.882 bits per heavy atom. The van der Waals surface area contributed by atoms with Crippen molar-refractivity contribution in [3.8, 4) is 0 Å². The van der Waals surface area contributed by atoms with Gasteiger partial charge in [0.1, 0.15) is 0 Å². The third-order valence-electron chi connectivity index (χ3n) is 5.29. The van der Waals surface area contributed by atoms with Gasteiger partial charge < -0.3 is 0 Å². The summed E-state index contributed by atoms with van der Waals surface area (Å²) in [6.07, 6.45) is 13.5. The zero-order valence-corrected chi connectivity index (χ0v) is 11.5. The molecule has 0 aromatic carbocycles. The standard InChI is InChI=1S/C17H28/c1-4-14(3)15-9-11-17(12-10-15)16-7-5-13(2)6-8-16/h4,13,15-17H,1,3,5-12H2,2H3. The fourth-order valence-corrected chi connectivity index (χ4v) is 3.89. The first-order chi connectivity index (χ1) is 8.20. The molecule has 0 spiro atoms. The van der Waals surface area contributed by atoms with E-state index in [1.165, 1.54) is 56.9 Å². The molecule has 0 atom stereocenters. The highest BCUT2D eigenvalue weighted by atomic mass is 14.3. The van der Waals surface area contributed by atoms with E-state index in [9.17, 15) is 0 Å². The van der Waals surface area contributed by atoms with Crippen molar-refractivity contribution in [1.82, 2.24) is 0 Å². The van der Waals surface area contributed by atoms with Crippen LogP contribution in [-0.2, 0) is 0 Å². The van der Waals surface area contributed by atoms with E-state index in [0.717, 1.165) is 23.7 Å². The third-order valence-corrected chi connectivity index (χ3v) is 5.29. The molecular formula is C17H28. The Bertz CT molecular complexity index is 260. The van der Waals surface area contributed by atoms with Crippen molar-refractivity contribution >= 4 is 0 Å². The van der Waals surface area contributed by atoms with Crippen molar-refractivity contribution in [2.75, 3.05) is 0 Å². The molecule has 96 valence electrons. The lowest BCUT2D eigenvalue weighted by atomic mass is 9.68. The highest BCUT2D eigenvalue weighted by Crippen LogP contribution is 2.42. The second-order valence-corrected chi connectivity index (χ2v) is 6.41. The van der Waals surface area contributed by atoms with Gasteiger partial charge in [-0.15, -0.1) is 0 Å². The second kappa shape index (κ2) is 5.89. The van der Waals surface area contributed by atoms with Gasteiger partial charge in [0.15, 0.2) is 0 Å². The predicted molar refractivity (Wildman–Crippen MR) is 75.9 cm³/mol. The van der Waals surface area contributed by atoms with E-state index in [0.29, 0.717) is 0 Å². The summed E-state index contributed by atoms with van der Waals surface area (Å²) in [5.74, 6) is 3.80. The minimum atomic E-state index is 0.742. The molecule has 0 aromatic rings. The molecule has 2 aliphatic carbocycles. The zero-order chi connectivity index (χ0) is 12.3. The lowest BCUT2D eigenvalue weighted by molar-refractivity contribution is 0.159. The summed E-state index contributed by atoms with van der Waals surface area (Å²) in [4.78, 5) is 0. The smallest absolute Gasteiger partial charge is 0.0168 e. The maximum Gasteiger partial charge on any atom is -0.0168 e. The van der Waals surface area contributed by atoms with Gasteiger partial charge in [0.2, 0.25) is 0 Å². The molecule has 0 amide bonds. The number of allylic oxidation sites excluding steroid dienone is 2. The van der Waals surface area contributed by atoms with E-state index in [1.807, 2.05) is 6.08 Å². The Kier molecular flexibility index (Phi) is 4.48. The zero-order valence-electron chi connectivity index (χ0n) is 11.5. The predicted octanol–water partition coefficient (Wildman–Crippen LogP) is 5.36. The van der Waals surface area contributed by atoms with Gasteiger partial charge in [0.25, 0.3) is 0 Å². The average molecular weight is 232 g/mol. The normalized spacial score (nSPS) is 38.6. The van der Waals surface area contributed by atoms with Gasteiger partial charge in [-0.05, 0) is 62.2 Å². The van der Waals surface area contributed by atoms with Crippen LogP contribution in [0.15, 0.2) is 24.8 Å². The quantitative estimate of drug-likeness (QED) is 0.574. The molecule has 17 heavy (non-hydrogen) atoms. The van der Waals surface area contributed by atoms with Crippen molar-refractivity contribution in [3.05, 3.63) is 24.8 Å². The Morgan fingerprint density at radius 3 is 1.82 bits per heavy atom. The summed E-state index contributed by atoms with van der Waals surface area (Å²) in [5.41, 5.74) is 1.28. The lowest BCUT2D eigenvalue weighted by Crippen LogP contribution is -2.25. The molecule has 0 radical (unpaired) electrons. The summed E-state index contributed by atoms with van der Waals surface area (Å²) >= 11 is 0. The Hall–Kier alpha value is -0.520. The molecule has 0 saturated heterocycles. The molecule has 0 N–H and O–H groups in total. The fourth-order valence-electron chi connectivity index (χ4n) is 3.89. The van der Waals surface area contributed by atoms with Gasteiger partial charge in [-0.2, -0.15) is 0 Å². The summed E-state index contributed by atoms with van der Waals surface area (Å²) in [7, 11) is 0. The van der Waals surface area contributed by atoms with Gasteiger partial charge in [-0.3, -0.25) is 0 Å². The first-order valence-electron chi connectivity index (χ1n) is 7.52. The molecule has 0 unspecified atom stereocenters. The molecule has 0 nitrogen and oxygen atoms in total. The van der Waals surface area contributed by atoms with Gasteiger partial charge in [0, 0.05) is 0 Å². The molecule has 0 aromatic heterocycles. The maximum atomic E-state index is 4.13. The molecule has 2 fully saturated rings. The summed E-state index contributed by atoms with van der Waals surface area (Å²) in [6, 6.07) is 0. The van der Waals surface area contributed by atoms with Crippen LogP contribution in [0.1, 0.15) is 58.3 Å². The molecule has 0 heteroatoms. The van der Waals surface area contributed by atoms with E-state index in [4.69, 9.17) is 0 Å². The van der Waals surface area contributed by atoms with Crippen LogP contribution in [-0.4, -0.2) is 0 Å². The summed E-state index contributed by atoms with van der Waals surface area (Å²) < 4.78 is 0. The van der Waals surface area contributed by atoms with E-state index in [2.05, 4.69) is 20.1 Å². The molecule has 2 saturated carbocycles. The lowest BCUT2D eigenvalue weighted by Gasteiger charge is -2.37. The Morgan fingerprint density at radius 2 is 1.35 bits per heavy atom. The first kappa shape index (κ1) is 12.9. The van der Waals surface area contributed by atoms with Crippen LogP contribution >= 0.6 is 0 Å². The van der Waals surface area contributed by atoms with Crippen molar-refractivity contribution in [2.45, 2.75) is 58.3 Å². The van der Waals surface area contributed by atoms with E-state index < -0.39 is 0 Å². The van der Waals surface area contributed by atoms with Crippen LogP contribution in [0.3, 0.4) is 0 Å². The SMILES string of the molecule is C=CC(=C)C1CCC(C2CCC(C)CC2)CC1. The molecule has 2 rings (SSSR count). The van der Waals surface area contributed by atoms with Crippen LogP contribution in [0.2, 0.25) is 0 Å². The summed E-state index contributed by atoms with van der Waals surface area (Å²) in [5, 5.41) is 0. The Balaban J connectivity index is 1.79.